The molecule has 1 aliphatic heterocycles. The average molecular weight is 353 g/mol. The fraction of sp³-hybridized carbons (Fsp3) is 0.952. The number of likely N-dealkylation sites (tertiary alicyclic amines) is 1. The molecule has 4 unspecified atom stereocenters. The SMILES string of the molecule is CC1CCCC(NC(C)CC2CCCCCN2C(=O)OC(C)(C)C)C1. The van der Waals surface area contributed by atoms with Crippen LogP contribution in [0, 0.1) is 5.92 Å². The Hall–Kier alpha value is -0.770. The van der Waals surface area contributed by atoms with Crippen LogP contribution in [0.2, 0.25) is 0 Å². The molecule has 0 aromatic rings. The maximum Gasteiger partial charge on any atom is 0.410 e. The highest BCUT2D eigenvalue weighted by Gasteiger charge is 2.31. The molecule has 1 saturated carbocycles. The molecule has 1 saturated heterocycles. The van der Waals surface area contributed by atoms with Gasteiger partial charge in [0.25, 0.3) is 0 Å². The van der Waals surface area contributed by atoms with Gasteiger partial charge < -0.3 is 15.0 Å². The van der Waals surface area contributed by atoms with Crippen molar-refractivity contribution < 1.29 is 9.53 Å². The summed E-state index contributed by atoms with van der Waals surface area (Å²) < 4.78 is 5.68. The number of ether oxygens (including phenoxy) is 1. The maximum atomic E-state index is 12.7. The molecule has 0 spiro atoms. The molecule has 0 aromatic carbocycles. The quantitative estimate of drug-likeness (QED) is 0.764. The van der Waals surface area contributed by atoms with Gasteiger partial charge in [-0.1, -0.05) is 32.6 Å². The third-order valence-electron chi connectivity index (χ3n) is 5.59. The molecule has 2 fully saturated rings. The fourth-order valence-electron chi connectivity index (χ4n) is 4.45. The van der Waals surface area contributed by atoms with Crippen molar-refractivity contribution in [3.05, 3.63) is 0 Å². The van der Waals surface area contributed by atoms with Crippen LogP contribution in [0.15, 0.2) is 0 Å². The molecule has 2 aliphatic rings. The zero-order valence-electron chi connectivity index (χ0n) is 17.1. The first-order valence-corrected chi connectivity index (χ1v) is 10.5. The molecule has 1 heterocycles. The van der Waals surface area contributed by atoms with E-state index in [-0.39, 0.29) is 6.09 Å². The molecule has 0 radical (unpaired) electrons. The lowest BCUT2D eigenvalue weighted by atomic mass is 9.86. The third kappa shape index (κ3) is 7.16. The second-order valence-electron chi connectivity index (χ2n) is 9.45. The second kappa shape index (κ2) is 9.25. The number of rotatable bonds is 4. The Morgan fingerprint density at radius 2 is 1.92 bits per heavy atom. The van der Waals surface area contributed by atoms with Crippen LogP contribution in [0.5, 0.6) is 0 Å². The summed E-state index contributed by atoms with van der Waals surface area (Å²) in [6, 6.07) is 1.41. The highest BCUT2D eigenvalue weighted by molar-refractivity contribution is 5.68. The largest absolute Gasteiger partial charge is 0.444 e. The van der Waals surface area contributed by atoms with E-state index < -0.39 is 5.60 Å². The van der Waals surface area contributed by atoms with E-state index in [9.17, 15) is 4.79 Å². The number of carbonyl (C=O) groups excluding carboxylic acids is 1. The van der Waals surface area contributed by atoms with Gasteiger partial charge in [0.15, 0.2) is 0 Å². The van der Waals surface area contributed by atoms with Crippen LogP contribution in [-0.2, 0) is 4.74 Å². The van der Waals surface area contributed by atoms with Gasteiger partial charge in [0, 0.05) is 24.7 Å². The van der Waals surface area contributed by atoms with E-state index in [0.717, 1.165) is 31.7 Å². The second-order valence-corrected chi connectivity index (χ2v) is 9.45. The molecule has 4 nitrogen and oxygen atoms in total. The van der Waals surface area contributed by atoms with Gasteiger partial charge in [0.05, 0.1) is 0 Å². The van der Waals surface area contributed by atoms with E-state index in [1.54, 1.807) is 0 Å². The Balaban J connectivity index is 1.91. The van der Waals surface area contributed by atoms with Crippen LogP contribution in [0.4, 0.5) is 4.79 Å². The zero-order chi connectivity index (χ0) is 18.4. The molecular weight excluding hydrogens is 312 g/mol. The van der Waals surface area contributed by atoms with Crippen molar-refractivity contribution in [3.8, 4) is 0 Å². The molecule has 4 heteroatoms. The van der Waals surface area contributed by atoms with Gasteiger partial charge in [-0.2, -0.15) is 0 Å². The van der Waals surface area contributed by atoms with Crippen LogP contribution < -0.4 is 5.32 Å². The molecule has 2 rings (SSSR count). The smallest absolute Gasteiger partial charge is 0.410 e. The van der Waals surface area contributed by atoms with Crippen molar-refractivity contribution in [2.24, 2.45) is 5.92 Å². The summed E-state index contributed by atoms with van der Waals surface area (Å²) in [7, 11) is 0. The van der Waals surface area contributed by atoms with Crippen LogP contribution in [0.25, 0.3) is 0 Å². The minimum Gasteiger partial charge on any atom is -0.444 e. The number of amides is 1. The Bertz CT molecular complexity index is 419. The highest BCUT2D eigenvalue weighted by Crippen LogP contribution is 2.26. The minimum atomic E-state index is -0.421. The Morgan fingerprint density at radius 3 is 2.60 bits per heavy atom. The molecule has 146 valence electrons. The summed E-state index contributed by atoms with van der Waals surface area (Å²) in [6.07, 6.45) is 10.9. The number of nitrogens with one attached hydrogen (secondary N) is 1. The Morgan fingerprint density at radius 1 is 1.16 bits per heavy atom. The summed E-state index contributed by atoms with van der Waals surface area (Å²) in [6.45, 7) is 11.3. The molecule has 0 aromatic heterocycles. The summed E-state index contributed by atoms with van der Waals surface area (Å²) >= 11 is 0. The normalized spacial score (nSPS) is 29.8. The van der Waals surface area contributed by atoms with E-state index in [4.69, 9.17) is 4.74 Å². The zero-order valence-corrected chi connectivity index (χ0v) is 17.1. The molecular formula is C21H40N2O2. The monoisotopic (exact) mass is 352 g/mol. The van der Waals surface area contributed by atoms with Gasteiger partial charge in [-0.25, -0.2) is 4.79 Å². The predicted octanol–water partition coefficient (Wildman–Crippen LogP) is 5.11. The van der Waals surface area contributed by atoms with Crippen LogP contribution in [0.1, 0.15) is 92.4 Å². The van der Waals surface area contributed by atoms with Crippen molar-refractivity contribution in [3.63, 3.8) is 0 Å². The first-order chi connectivity index (χ1) is 11.7. The van der Waals surface area contributed by atoms with Crippen LogP contribution in [0.3, 0.4) is 0 Å². The lowest BCUT2D eigenvalue weighted by Crippen LogP contribution is -2.47. The number of hydrogen-bond donors (Lipinski definition) is 1. The summed E-state index contributed by atoms with van der Waals surface area (Å²) in [4.78, 5) is 14.7. The standard InChI is InChI=1S/C21H40N2O2/c1-16-10-9-11-18(14-16)22-17(2)15-19-12-7-6-8-13-23(19)20(24)25-21(3,4)5/h16-19,22H,6-15H2,1-5H3. The van der Waals surface area contributed by atoms with Crippen molar-refractivity contribution in [1.82, 2.24) is 10.2 Å². The summed E-state index contributed by atoms with van der Waals surface area (Å²) in [5.74, 6) is 0.842. The number of hydrogen-bond acceptors (Lipinski definition) is 3. The molecule has 1 N–H and O–H groups in total. The minimum absolute atomic E-state index is 0.127. The van der Waals surface area contributed by atoms with Gasteiger partial charge in [-0.15, -0.1) is 0 Å². The lowest BCUT2D eigenvalue weighted by molar-refractivity contribution is 0.0148. The van der Waals surface area contributed by atoms with E-state index in [1.165, 1.54) is 38.5 Å². The Kier molecular flexibility index (Phi) is 7.60. The van der Waals surface area contributed by atoms with Crippen molar-refractivity contribution in [2.45, 2.75) is 116 Å². The van der Waals surface area contributed by atoms with Gasteiger partial charge in [0.1, 0.15) is 5.60 Å². The van der Waals surface area contributed by atoms with Crippen LogP contribution in [-0.4, -0.2) is 41.3 Å². The average Bonchev–Trinajstić information content (AvgIpc) is 2.70. The Labute approximate surface area is 155 Å². The van der Waals surface area contributed by atoms with Crippen LogP contribution >= 0.6 is 0 Å². The van der Waals surface area contributed by atoms with Gasteiger partial charge in [-0.3, -0.25) is 0 Å². The highest BCUT2D eigenvalue weighted by atomic mass is 16.6. The van der Waals surface area contributed by atoms with E-state index in [1.807, 2.05) is 25.7 Å². The van der Waals surface area contributed by atoms with Gasteiger partial charge >= 0.3 is 6.09 Å². The first-order valence-electron chi connectivity index (χ1n) is 10.5. The van der Waals surface area contributed by atoms with Crippen molar-refractivity contribution >= 4 is 6.09 Å². The predicted molar refractivity (Wildman–Crippen MR) is 104 cm³/mol. The number of nitrogens with zero attached hydrogens (tertiary/aromatic N) is 1. The summed E-state index contributed by atoms with van der Waals surface area (Å²) in [5.41, 5.74) is -0.421. The van der Waals surface area contributed by atoms with Gasteiger partial charge in [-0.05, 0) is 65.7 Å². The van der Waals surface area contributed by atoms with Crippen molar-refractivity contribution in [2.75, 3.05) is 6.54 Å². The van der Waals surface area contributed by atoms with E-state index in [0.29, 0.717) is 18.1 Å². The first kappa shape index (κ1) is 20.5. The molecule has 1 aliphatic carbocycles. The van der Waals surface area contributed by atoms with Gasteiger partial charge in [0.2, 0.25) is 0 Å². The summed E-state index contributed by atoms with van der Waals surface area (Å²) in [5, 5.41) is 3.85. The van der Waals surface area contributed by atoms with E-state index in [2.05, 4.69) is 19.2 Å². The maximum absolute atomic E-state index is 12.7. The lowest BCUT2D eigenvalue weighted by Gasteiger charge is -2.35. The molecule has 25 heavy (non-hydrogen) atoms. The topological polar surface area (TPSA) is 41.6 Å². The molecule has 1 amide bonds. The van der Waals surface area contributed by atoms with E-state index >= 15 is 0 Å². The third-order valence-corrected chi connectivity index (χ3v) is 5.59. The number of carbonyl (C=O) groups is 1. The molecule has 4 atom stereocenters. The molecule has 0 bridgehead atoms. The van der Waals surface area contributed by atoms with Crippen molar-refractivity contribution in [1.29, 1.82) is 0 Å². The fourth-order valence-corrected chi connectivity index (χ4v) is 4.45.